The van der Waals surface area contributed by atoms with E-state index >= 15 is 0 Å². The van der Waals surface area contributed by atoms with Crippen LogP contribution in [0, 0.1) is 143 Å². The van der Waals surface area contributed by atoms with E-state index in [4.69, 9.17) is 31.8 Å². The zero-order valence-corrected chi connectivity index (χ0v) is 50.9. The number of rotatable bonds is 0. The molecular formula is C75H83F4N5. The van der Waals surface area contributed by atoms with E-state index in [9.17, 15) is 17.6 Å². The molecule has 6 aliphatic carbocycles. The van der Waals surface area contributed by atoms with Gasteiger partial charge in [0.1, 0.15) is 47.0 Å². The number of fused-ring (bicyclic) bond motifs is 6. The Bertz CT molecular complexity index is 3780. The maximum Gasteiger partial charge on any atom is 0.147 e. The second-order valence-corrected chi connectivity index (χ2v) is 24.7. The standard InChI is InChI=1S/C15H22.C12H11F2N.2C12H12FN.2C12H13N/c1-9-6-7-14-12(4)10(2)11(3)13(5)15(14)8-9;1-7-2-3-9-8(4-7)5-11(13)10(6-15)12(9)14;1-8-2-5-11-9(6-8)3-4-10(7-14)12(11)13;1-8-2-3-9-5-11(7-14)12(13)6-10(9)4-8;2*1-9-2-4-12-7-10(8-13)3-5-11(12)6-9/h9H,6-8H2,1-5H3;5,7H,2-4H2,1H3;3-4,8H,2,5-6H2,1H3;5-6,8H,2-4H2,1H3;2*3,5,7,9H,2,4,6H2,1H3/i;;;;2D2,6D2;. The first-order valence-corrected chi connectivity index (χ1v) is 30.1. The SMILES string of the molecule is CC1CCc2c(cc(F)c(C#N)c2F)C1.CC1CCc2c(ccc(C#N)c2F)C1.CC1CCc2cc(C#N)c(F)cc2C1.CC1CCc2cc(C#N)ccc2C1.Cc1c(C)c(C)c2c(c1C)CCC(C)C2.[2H]C1([2H])Cc2cc(C#N)ccc2C([2H])([2H])C1C. The van der Waals surface area contributed by atoms with Crippen molar-refractivity contribution in [3.05, 3.63) is 207 Å². The molecule has 12 rings (SSSR count). The van der Waals surface area contributed by atoms with Crippen LogP contribution in [0.1, 0.15) is 202 Å². The molecule has 0 saturated heterocycles. The van der Waals surface area contributed by atoms with Crippen LogP contribution in [-0.2, 0) is 77.0 Å². The zero-order valence-electron chi connectivity index (χ0n) is 54.9. The van der Waals surface area contributed by atoms with Gasteiger partial charge in [-0.25, -0.2) is 17.6 Å². The van der Waals surface area contributed by atoms with Gasteiger partial charge in [-0.3, -0.25) is 0 Å². The summed E-state index contributed by atoms with van der Waals surface area (Å²) in [6, 6.07) is 28.4. The molecule has 6 aromatic rings. The molecule has 0 spiro atoms. The molecule has 84 heavy (non-hydrogen) atoms. The van der Waals surface area contributed by atoms with Crippen LogP contribution >= 0.6 is 0 Å². The summed E-state index contributed by atoms with van der Waals surface area (Å²) in [5, 5.41) is 43.5. The summed E-state index contributed by atoms with van der Waals surface area (Å²) in [5.41, 5.74) is 19.9. The minimum Gasteiger partial charge on any atom is -0.206 e. The van der Waals surface area contributed by atoms with Gasteiger partial charge in [0.2, 0.25) is 0 Å². The molecule has 6 aliphatic rings. The second kappa shape index (κ2) is 29.3. The van der Waals surface area contributed by atoms with Crippen LogP contribution in [0.5, 0.6) is 0 Å². The second-order valence-electron chi connectivity index (χ2n) is 24.7. The predicted molar refractivity (Wildman–Crippen MR) is 328 cm³/mol. The Hall–Kier alpha value is -7.51. The lowest BCUT2D eigenvalue weighted by molar-refractivity contribution is 0.473. The summed E-state index contributed by atoms with van der Waals surface area (Å²) in [6.07, 6.45) is 12.5. The Morgan fingerprint density at radius 2 is 0.821 bits per heavy atom. The highest BCUT2D eigenvalue weighted by Crippen LogP contribution is 2.36. The quantitative estimate of drug-likeness (QED) is 0.140. The van der Waals surface area contributed by atoms with Gasteiger partial charge in [0.25, 0.3) is 0 Å². The van der Waals surface area contributed by atoms with Crippen LogP contribution in [0.15, 0.2) is 66.7 Å². The molecule has 0 aliphatic heterocycles. The van der Waals surface area contributed by atoms with E-state index in [1.807, 2.05) is 36.4 Å². The highest BCUT2D eigenvalue weighted by molar-refractivity contribution is 5.51. The van der Waals surface area contributed by atoms with Crippen molar-refractivity contribution >= 4 is 0 Å². The molecule has 0 saturated carbocycles. The van der Waals surface area contributed by atoms with Gasteiger partial charge in [0.15, 0.2) is 0 Å². The summed E-state index contributed by atoms with van der Waals surface area (Å²) in [5.74, 6) is 0.655. The molecule has 6 atom stereocenters. The fourth-order valence-corrected chi connectivity index (χ4v) is 12.7. The monoisotopic (exact) mass is 1130 g/mol. The Kier molecular flexibility index (Phi) is 20.4. The first kappa shape index (κ1) is 58.3. The fourth-order valence-electron chi connectivity index (χ4n) is 12.7. The molecular weight excluding hydrogens is 1050 g/mol. The number of nitrogens with zero attached hydrogens (tertiary/aromatic N) is 5. The molecule has 0 radical (unpaired) electrons. The van der Waals surface area contributed by atoms with Gasteiger partial charge in [0, 0.05) is 5.48 Å². The lowest BCUT2D eigenvalue weighted by atomic mass is 9.78. The van der Waals surface area contributed by atoms with Crippen molar-refractivity contribution in [3.63, 3.8) is 0 Å². The van der Waals surface area contributed by atoms with Crippen LogP contribution in [0.4, 0.5) is 17.6 Å². The number of halogens is 4. The minimum atomic E-state index is -1.69. The average Bonchev–Trinajstić information content (AvgIpc) is 0.909. The van der Waals surface area contributed by atoms with Crippen LogP contribution in [0.3, 0.4) is 0 Å². The van der Waals surface area contributed by atoms with Crippen LogP contribution < -0.4 is 0 Å². The Morgan fingerprint density at radius 3 is 1.39 bits per heavy atom. The molecule has 6 aromatic carbocycles. The van der Waals surface area contributed by atoms with Crippen LogP contribution in [0.25, 0.3) is 0 Å². The summed E-state index contributed by atoms with van der Waals surface area (Å²) >= 11 is 0. The van der Waals surface area contributed by atoms with Crippen molar-refractivity contribution in [2.45, 2.75) is 185 Å². The number of nitriles is 5. The average molecular weight is 1130 g/mol. The molecule has 0 N–H and O–H groups in total. The molecule has 0 fully saturated rings. The molecule has 0 bridgehead atoms. The number of hydrogen-bond donors (Lipinski definition) is 0. The van der Waals surface area contributed by atoms with Crippen molar-refractivity contribution in [3.8, 4) is 30.3 Å². The molecule has 9 heteroatoms. The van der Waals surface area contributed by atoms with Gasteiger partial charge in [-0.1, -0.05) is 59.7 Å². The molecule has 5 nitrogen and oxygen atoms in total. The van der Waals surface area contributed by atoms with E-state index in [1.54, 1.807) is 65.6 Å². The third-order valence-electron chi connectivity index (χ3n) is 18.2. The third kappa shape index (κ3) is 15.8. The van der Waals surface area contributed by atoms with Gasteiger partial charge < -0.3 is 0 Å². The Balaban J connectivity index is 0.000000151. The summed E-state index contributed by atoms with van der Waals surface area (Å²) in [7, 11) is 0. The van der Waals surface area contributed by atoms with E-state index in [-0.39, 0.29) is 29.2 Å². The van der Waals surface area contributed by atoms with E-state index in [2.05, 4.69) is 74.4 Å². The summed E-state index contributed by atoms with van der Waals surface area (Å²) in [4.78, 5) is 0. The highest BCUT2D eigenvalue weighted by atomic mass is 19.1. The van der Waals surface area contributed by atoms with Crippen molar-refractivity contribution in [1.29, 1.82) is 26.3 Å². The van der Waals surface area contributed by atoms with Gasteiger partial charge in [-0.2, -0.15) is 26.3 Å². The smallest absolute Gasteiger partial charge is 0.147 e. The number of hydrogen-bond acceptors (Lipinski definition) is 5. The van der Waals surface area contributed by atoms with Crippen molar-refractivity contribution < 1.29 is 23.0 Å². The molecule has 0 amide bonds. The largest absolute Gasteiger partial charge is 0.206 e. The van der Waals surface area contributed by atoms with E-state index < -0.39 is 35.9 Å². The molecule has 0 heterocycles. The molecule has 436 valence electrons. The number of aryl methyl sites for hydroxylation is 3. The maximum absolute atomic E-state index is 13.7. The van der Waals surface area contributed by atoms with E-state index in [0.29, 0.717) is 52.8 Å². The van der Waals surface area contributed by atoms with Crippen molar-refractivity contribution in [1.82, 2.24) is 0 Å². The lowest BCUT2D eigenvalue weighted by Crippen LogP contribution is -2.16. The predicted octanol–water partition coefficient (Wildman–Crippen LogP) is 18.0. The molecule has 6 unspecified atom stereocenters. The van der Waals surface area contributed by atoms with Gasteiger partial charge in [-0.15, -0.1) is 0 Å². The van der Waals surface area contributed by atoms with Crippen LogP contribution in [-0.4, -0.2) is 0 Å². The normalized spacial score (nSPS) is 22.0. The Morgan fingerprint density at radius 1 is 0.369 bits per heavy atom. The van der Waals surface area contributed by atoms with Gasteiger partial charge in [0.05, 0.1) is 34.4 Å². The topological polar surface area (TPSA) is 119 Å². The van der Waals surface area contributed by atoms with Gasteiger partial charge in [-0.05, 0) is 316 Å². The fraction of sp³-hybridized carbons (Fsp3) is 0.453. The zero-order chi connectivity index (χ0) is 64.5. The minimum absolute atomic E-state index is 0.165. The number of benzene rings is 6. The van der Waals surface area contributed by atoms with E-state index in [1.165, 1.54) is 66.5 Å². The van der Waals surface area contributed by atoms with Gasteiger partial charge >= 0.3 is 0 Å². The first-order valence-electron chi connectivity index (χ1n) is 32.1. The maximum atomic E-state index is 13.7. The Labute approximate surface area is 504 Å². The van der Waals surface area contributed by atoms with Crippen LogP contribution in [0.2, 0.25) is 0 Å². The third-order valence-corrected chi connectivity index (χ3v) is 18.2. The summed E-state index contributed by atoms with van der Waals surface area (Å²) < 4.78 is 85.8. The van der Waals surface area contributed by atoms with Crippen molar-refractivity contribution in [2.75, 3.05) is 0 Å². The highest BCUT2D eigenvalue weighted by Gasteiger charge is 2.25. The van der Waals surface area contributed by atoms with Crippen molar-refractivity contribution in [2.24, 2.45) is 35.5 Å². The van der Waals surface area contributed by atoms with E-state index in [0.717, 1.165) is 96.6 Å². The lowest BCUT2D eigenvalue weighted by Gasteiger charge is -2.27. The summed E-state index contributed by atoms with van der Waals surface area (Å²) in [6.45, 7) is 21.9. The molecule has 0 aromatic heterocycles. The first-order chi connectivity index (χ1) is 41.7.